The Balaban J connectivity index is 1.53. The summed E-state index contributed by atoms with van der Waals surface area (Å²) in [6.07, 6.45) is -0.108. The van der Waals surface area contributed by atoms with E-state index in [1.54, 1.807) is 19.1 Å². The molecule has 0 spiro atoms. The number of amides is 1. The number of rotatable bonds is 7. The number of nitrogens with two attached hydrogens (primary N) is 1. The van der Waals surface area contributed by atoms with Crippen LogP contribution in [0.5, 0.6) is 5.75 Å². The van der Waals surface area contributed by atoms with Crippen LogP contribution in [0, 0.1) is 23.7 Å². The number of ketones is 4. The number of morpholine rings is 1. The zero-order chi connectivity index (χ0) is 32.5. The number of nitrogens with zero attached hydrogens (tertiary/aromatic N) is 2. The highest BCUT2D eigenvalue weighted by Crippen LogP contribution is 2.55. The number of phenols is 1. The van der Waals surface area contributed by atoms with Crippen molar-refractivity contribution in [3.05, 3.63) is 28.8 Å². The molecule has 5 rings (SSSR count). The minimum absolute atomic E-state index is 0.0740. The average Bonchev–Trinajstić information content (AvgIpc) is 2.95. The molecule has 5 N–H and O–H groups in total. The molecule has 1 aromatic rings. The standard InChI is InChI=1S/C32H43N3O9/c1-15-16-7-8-17(31(2,3)9-6-10-35-11-13-44-14-12-35)24(36)19(16)25(37)20-18(15)26(38)22-23(34(4)5)27(39)21(30(33)42)29(41)32(22,43)28(20)40/h7-8,15,18,20-23,26,36,38,43H,6,9-14H2,1-5H3,(H2,33,42). The van der Waals surface area contributed by atoms with Crippen molar-refractivity contribution in [1.82, 2.24) is 9.80 Å². The van der Waals surface area contributed by atoms with Crippen LogP contribution in [0.2, 0.25) is 0 Å². The van der Waals surface area contributed by atoms with Gasteiger partial charge >= 0.3 is 0 Å². The summed E-state index contributed by atoms with van der Waals surface area (Å²) in [6, 6.07) is 2.11. The summed E-state index contributed by atoms with van der Waals surface area (Å²) in [5, 5.41) is 35.2. The molecular weight excluding hydrogens is 570 g/mol. The number of fused-ring (bicyclic) bond motifs is 3. The molecule has 4 aliphatic rings. The Hall–Kier alpha value is -3.03. The molecule has 0 bridgehead atoms. The lowest BCUT2D eigenvalue weighted by molar-refractivity contribution is -0.196. The summed E-state index contributed by atoms with van der Waals surface area (Å²) >= 11 is 0. The maximum absolute atomic E-state index is 14.2. The summed E-state index contributed by atoms with van der Waals surface area (Å²) < 4.78 is 5.41. The van der Waals surface area contributed by atoms with E-state index in [0.29, 0.717) is 30.8 Å². The number of hydrogen-bond acceptors (Lipinski definition) is 11. The predicted octanol–water partition coefficient (Wildman–Crippen LogP) is -0.211. The average molecular weight is 614 g/mol. The fourth-order valence-electron chi connectivity index (χ4n) is 8.24. The molecule has 0 aromatic heterocycles. The van der Waals surface area contributed by atoms with Crippen molar-refractivity contribution in [1.29, 1.82) is 0 Å². The van der Waals surface area contributed by atoms with Gasteiger partial charge in [-0.1, -0.05) is 32.9 Å². The molecule has 1 amide bonds. The van der Waals surface area contributed by atoms with Crippen LogP contribution in [-0.4, -0.2) is 119 Å². The number of aliphatic hydroxyl groups excluding tert-OH is 1. The number of benzene rings is 1. The second kappa shape index (κ2) is 11.4. The second-order valence-electron chi connectivity index (χ2n) is 13.7. The highest BCUT2D eigenvalue weighted by atomic mass is 16.5. The van der Waals surface area contributed by atoms with Crippen molar-refractivity contribution < 1.29 is 44.0 Å². The maximum Gasteiger partial charge on any atom is 0.235 e. The van der Waals surface area contributed by atoms with E-state index in [-0.39, 0.29) is 11.3 Å². The van der Waals surface area contributed by atoms with Crippen LogP contribution in [0.1, 0.15) is 61.0 Å². The van der Waals surface area contributed by atoms with E-state index in [4.69, 9.17) is 10.5 Å². The lowest BCUT2D eigenvalue weighted by Crippen LogP contribution is -2.77. The van der Waals surface area contributed by atoms with E-state index in [1.165, 1.54) is 19.0 Å². The van der Waals surface area contributed by atoms with Gasteiger partial charge in [0.25, 0.3) is 0 Å². The van der Waals surface area contributed by atoms with E-state index >= 15 is 0 Å². The van der Waals surface area contributed by atoms with Crippen molar-refractivity contribution in [2.24, 2.45) is 29.4 Å². The van der Waals surface area contributed by atoms with E-state index in [2.05, 4.69) is 4.90 Å². The van der Waals surface area contributed by atoms with Gasteiger partial charge in [0.2, 0.25) is 5.91 Å². The molecule has 8 unspecified atom stereocenters. The number of carbonyl (C=O) groups is 5. The van der Waals surface area contributed by atoms with E-state index < -0.39 is 81.8 Å². The molecule has 1 heterocycles. The number of aliphatic hydroxyl groups is 2. The zero-order valence-electron chi connectivity index (χ0n) is 25.9. The molecule has 0 radical (unpaired) electrons. The number of hydrogen-bond donors (Lipinski definition) is 4. The van der Waals surface area contributed by atoms with Gasteiger partial charge in [-0.25, -0.2) is 0 Å². The van der Waals surface area contributed by atoms with Crippen LogP contribution >= 0.6 is 0 Å². The normalized spacial score (nSPS) is 34.5. The molecule has 1 aliphatic heterocycles. The number of likely N-dealkylation sites (N-methyl/N-ethyl adjacent to an activating group) is 1. The Bertz CT molecular complexity index is 1400. The molecule has 240 valence electrons. The fourth-order valence-corrected chi connectivity index (χ4v) is 8.24. The summed E-state index contributed by atoms with van der Waals surface area (Å²) in [6.45, 7) is 9.62. The van der Waals surface area contributed by atoms with Crippen LogP contribution in [0.3, 0.4) is 0 Å². The molecule has 1 aromatic carbocycles. The number of ether oxygens (including phenoxy) is 1. The summed E-state index contributed by atoms with van der Waals surface area (Å²) in [4.78, 5) is 71.1. The number of aromatic hydroxyl groups is 1. The largest absolute Gasteiger partial charge is 0.507 e. The van der Waals surface area contributed by atoms with E-state index in [0.717, 1.165) is 26.1 Å². The molecule has 8 atom stereocenters. The summed E-state index contributed by atoms with van der Waals surface area (Å²) in [7, 11) is 2.93. The highest BCUT2D eigenvalue weighted by molar-refractivity contribution is 6.32. The first-order chi connectivity index (χ1) is 20.6. The summed E-state index contributed by atoms with van der Waals surface area (Å²) in [5.41, 5.74) is 2.71. The Labute approximate surface area is 256 Å². The third kappa shape index (κ3) is 4.73. The van der Waals surface area contributed by atoms with Gasteiger partial charge in [0, 0.05) is 24.6 Å². The summed E-state index contributed by atoms with van der Waals surface area (Å²) in [5.74, 6) is -13.1. The molecule has 44 heavy (non-hydrogen) atoms. The van der Waals surface area contributed by atoms with E-state index in [1.807, 2.05) is 13.8 Å². The molecular formula is C32H43N3O9. The van der Waals surface area contributed by atoms with Crippen LogP contribution < -0.4 is 5.73 Å². The van der Waals surface area contributed by atoms with Crippen LogP contribution in [0.25, 0.3) is 0 Å². The van der Waals surface area contributed by atoms with Crippen molar-refractivity contribution in [3.8, 4) is 5.75 Å². The van der Waals surface area contributed by atoms with Gasteiger partial charge < -0.3 is 25.8 Å². The monoisotopic (exact) mass is 613 g/mol. The fraction of sp³-hybridized carbons (Fsp3) is 0.656. The zero-order valence-corrected chi connectivity index (χ0v) is 25.9. The molecule has 12 heteroatoms. The van der Waals surface area contributed by atoms with Crippen molar-refractivity contribution in [2.45, 2.75) is 62.7 Å². The Morgan fingerprint density at radius 1 is 1.14 bits per heavy atom. The second-order valence-corrected chi connectivity index (χ2v) is 13.7. The topological polar surface area (TPSA) is 188 Å². The van der Waals surface area contributed by atoms with E-state index in [9.17, 15) is 39.3 Å². The maximum atomic E-state index is 14.2. The quantitative estimate of drug-likeness (QED) is 0.298. The van der Waals surface area contributed by atoms with Crippen LogP contribution in [0.15, 0.2) is 12.1 Å². The SMILES string of the molecule is CC1c2ccc(C(C)(C)CCCN3CCOCC3)c(O)c2C(=O)C2C(=O)C3(O)C(=O)C(C(N)=O)C(=O)C(N(C)C)C3C(O)C21. The first kappa shape index (κ1) is 32.4. The molecule has 12 nitrogen and oxygen atoms in total. The molecule has 2 saturated carbocycles. The Morgan fingerprint density at radius 3 is 2.36 bits per heavy atom. The first-order valence-corrected chi connectivity index (χ1v) is 15.3. The highest BCUT2D eigenvalue weighted by Gasteiger charge is 2.73. The van der Waals surface area contributed by atoms with Gasteiger partial charge in [-0.3, -0.25) is 33.8 Å². The number of primary amides is 1. The molecule has 3 fully saturated rings. The smallest absolute Gasteiger partial charge is 0.235 e. The third-order valence-corrected chi connectivity index (χ3v) is 10.6. The number of phenolic OH excluding ortho intramolecular Hbond substituents is 1. The van der Waals surface area contributed by atoms with Gasteiger partial charge in [-0.05, 0) is 50.4 Å². The molecule has 3 aliphatic carbocycles. The van der Waals surface area contributed by atoms with Crippen LogP contribution in [-0.2, 0) is 29.3 Å². The van der Waals surface area contributed by atoms with Crippen molar-refractivity contribution in [3.63, 3.8) is 0 Å². The van der Waals surface area contributed by atoms with Gasteiger partial charge in [0.05, 0.1) is 42.8 Å². The Kier molecular flexibility index (Phi) is 8.39. The van der Waals surface area contributed by atoms with Crippen molar-refractivity contribution in [2.75, 3.05) is 46.9 Å². The lowest BCUT2D eigenvalue weighted by atomic mass is 9.49. The number of Topliss-reactive ketones (excluding diaryl/α,β-unsaturated/α-hetero) is 4. The first-order valence-electron chi connectivity index (χ1n) is 15.3. The minimum atomic E-state index is -3.01. The van der Waals surface area contributed by atoms with Gasteiger partial charge in [-0.15, -0.1) is 0 Å². The predicted molar refractivity (Wildman–Crippen MR) is 157 cm³/mol. The number of carbonyl (C=O) groups excluding carboxylic acids is 5. The third-order valence-electron chi connectivity index (χ3n) is 10.6. The molecule has 1 saturated heterocycles. The van der Waals surface area contributed by atoms with Gasteiger partial charge in [0.1, 0.15) is 5.75 Å². The van der Waals surface area contributed by atoms with Gasteiger partial charge in [-0.2, -0.15) is 0 Å². The Morgan fingerprint density at radius 2 is 1.77 bits per heavy atom. The van der Waals surface area contributed by atoms with Crippen molar-refractivity contribution >= 4 is 29.0 Å². The minimum Gasteiger partial charge on any atom is -0.507 e. The van der Waals surface area contributed by atoms with Crippen LogP contribution in [0.4, 0.5) is 0 Å². The van der Waals surface area contributed by atoms with Gasteiger partial charge in [0.15, 0.2) is 34.7 Å². The lowest BCUT2D eigenvalue weighted by Gasteiger charge is -2.56.